The molecule has 2 bridgehead atoms. The number of hydrogen-bond donors (Lipinski definition) is 2. The molecule has 2 fully saturated rings. The molecular weight excluding hydrogens is 344 g/mol. The highest BCUT2D eigenvalue weighted by Crippen LogP contribution is 2.49. The highest BCUT2D eigenvalue weighted by molar-refractivity contribution is 6.05. The Hall–Kier alpha value is -2.70. The molecular formula is C20H24N4O3. The molecule has 27 heavy (non-hydrogen) atoms. The molecule has 0 saturated heterocycles. The molecule has 2 aromatic rings. The van der Waals surface area contributed by atoms with Crippen LogP contribution in [0.15, 0.2) is 29.1 Å². The van der Waals surface area contributed by atoms with Gasteiger partial charge in [-0.3, -0.25) is 25.2 Å². The number of rotatable bonds is 4. The SMILES string of the molecule is CCn1nc(C(=O)NNC(=O)C[C@H]2C[C@H]3CC[C@@H]2C3)c2ccccc2c1=O. The molecule has 2 aliphatic rings. The van der Waals surface area contributed by atoms with E-state index in [1.807, 2.05) is 0 Å². The summed E-state index contributed by atoms with van der Waals surface area (Å²) in [6, 6.07) is 6.87. The van der Waals surface area contributed by atoms with Crippen molar-refractivity contribution in [1.29, 1.82) is 0 Å². The molecule has 1 heterocycles. The first kappa shape index (κ1) is 17.7. The van der Waals surface area contributed by atoms with Gasteiger partial charge in [-0.2, -0.15) is 5.10 Å². The van der Waals surface area contributed by atoms with Gasteiger partial charge in [0, 0.05) is 18.4 Å². The zero-order chi connectivity index (χ0) is 19.0. The first-order chi connectivity index (χ1) is 13.1. The van der Waals surface area contributed by atoms with E-state index in [1.165, 1.54) is 23.9 Å². The van der Waals surface area contributed by atoms with Crippen LogP contribution < -0.4 is 16.4 Å². The van der Waals surface area contributed by atoms with Gasteiger partial charge in [-0.15, -0.1) is 0 Å². The highest BCUT2D eigenvalue weighted by Gasteiger charge is 2.40. The summed E-state index contributed by atoms with van der Waals surface area (Å²) < 4.78 is 1.26. The fourth-order valence-electron chi connectivity index (χ4n) is 4.72. The largest absolute Gasteiger partial charge is 0.290 e. The molecule has 7 heteroatoms. The quantitative estimate of drug-likeness (QED) is 0.808. The molecule has 3 atom stereocenters. The number of amides is 2. The van der Waals surface area contributed by atoms with Gasteiger partial charge in [0.1, 0.15) is 0 Å². The Bertz CT molecular complexity index is 952. The number of carbonyl (C=O) groups is 2. The van der Waals surface area contributed by atoms with Crippen LogP contribution in [-0.2, 0) is 11.3 Å². The average molecular weight is 368 g/mol. The van der Waals surface area contributed by atoms with Crippen LogP contribution in [0.2, 0.25) is 0 Å². The van der Waals surface area contributed by atoms with Crippen molar-refractivity contribution in [1.82, 2.24) is 20.6 Å². The number of aryl methyl sites for hydroxylation is 1. The molecule has 2 N–H and O–H groups in total. The van der Waals surface area contributed by atoms with Crippen LogP contribution >= 0.6 is 0 Å². The van der Waals surface area contributed by atoms with Gasteiger partial charge in [0.25, 0.3) is 11.5 Å². The van der Waals surface area contributed by atoms with Crippen molar-refractivity contribution in [2.24, 2.45) is 17.8 Å². The maximum atomic E-state index is 12.6. The summed E-state index contributed by atoms with van der Waals surface area (Å²) in [4.78, 5) is 37.2. The number of nitrogens with one attached hydrogen (secondary N) is 2. The fourth-order valence-corrected chi connectivity index (χ4v) is 4.72. The van der Waals surface area contributed by atoms with Gasteiger partial charge in [0.15, 0.2) is 5.69 Å². The van der Waals surface area contributed by atoms with E-state index in [9.17, 15) is 14.4 Å². The van der Waals surface area contributed by atoms with Crippen LogP contribution in [0.1, 0.15) is 49.5 Å². The molecule has 0 spiro atoms. The van der Waals surface area contributed by atoms with Crippen LogP contribution in [0.25, 0.3) is 10.8 Å². The lowest BCUT2D eigenvalue weighted by Crippen LogP contribution is -2.43. The van der Waals surface area contributed by atoms with Crippen molar-refractivity contribution in [2.45, 2.75) is 45.6 Å². The predicted molar refractivity (Wildman–Crippen MR) is 101 cm³/mol. The third-order valence-corrected chi connectivity index (χ3v) is 6.03. The Morgan fingerprint density at radius 2 is 1.93 bits per heavy atom. The van der Waals surface area contributed by atoms with E-state index in [0.29, 0.717) is 35.6 Å². The molecule has 7 nitrogen and oxygen atoms in total. The minimum atomic E-state index is -0.519. The van der Waals surface area contributed by atoms with Crippen LogP contribution in [0.5, 0.6) is 0 Å². The molecule has 2 saturated carbocycles. The summed E-state index contributed by atoms with van der Waals surface area (Å²) in [5, 5.41) is 5.09. The number of benzene rings is 1. The number of fused-ring (bicyclic) bond motifs is 3. The maximum Gasteiger partial charge on any atom is 0.290 e. The Balaban J connectivity index is 1.46. The predicted octanol–water partition coefficient (Wildman–Crippen LogP) is 2.00. The number of nitrogens with zero attached hydrogens (tertiary/aromatic N) is 2. The Labute approximate surface area is 157 Å². The summed E-state index contributed by atoms with van der Waals surface area (Å²) in [6.45, 7) is 2.16. The zero-order valence-corrected chi connectivity index (χ0v) is 15.4. The van der Waals surface area contributed by atoms with Crippen LogP contribution in [0.3, 0.4) is 0 Å². The highest BCUT2D eigenvalue weighted by atomic mass is 16.2. The van der Waals surface area contributed by atoms with Crippen molar-refractivity contribution >= 4 is 22.6 Å². The van der Waals surface area contributed by atoms with E-state index >= 15 is 0 Å². The summed E-state index contributed by atoms with van der Waals surface area (Å²) in [5.41, 5.74) is 4.88. The second kappa shape index (κ2) is 7.13. The van der Waals surface area contributed by atoms with Gasteiger partial charge in [-0.1, -0.05) is 24.6 Å². The molecule has 142 valence electrons. The molecule has 4 rings (SSSR count). The summed E-state index contributed by atoms with van der Waals surface area (Å²) in [5.74, 6) is 1.19. The topological polar surface area (TPSA) is 93.1 Å². The molecule has 1 aromatic heterocycles. The maximum absolute atomic E-state index is 12.6. The second-order valence-corrected chi connectivity index (χ2v) is 7.66. The van der Waals surface area contributed by atoms with Gasteiger partial charge in [0.05, 0.1) is 5.39 Å². The van der Waals surface area contributed by atoms with Crippen molar-refractivity contribution < 1.29 is 9.59 Å². The van der Waals surface area contributed by atoms with E-state index in [0.717, 1.165) is 12.3 Å². The Morgan fingerprint density at radius 1 is 1.15 bits per heavy atom. The average Bonchev–Trinajstić information content (AvgIpc) is 3.30. The van der Waals surface area contributed by atoms with Crippen LogP contribution in [0.4, 0.5) is 0 Å². The Morgan fingerprint density at radius 3 is 2.59 bits per heavy atom. The minimum Gasteiger partial charge on any atom is -0.273 e. The van der Waals surface area contributed by atoms with Crippen molar-refractivity contribution in [2.75, 3.05) is 0 Å². The zero-order valence-electron chi connectivity index (χ0n) is 15.4. The van der Waals surface area contributed by atoms with Gasteiger partial charge >= 0.3 is 0 Å². The van der Waals surface area contributed by atoms with Gasteiger partial charge < -0.3 is 0 Å². The van der Waals surface area contributed by atoms with E-state index in [1.54, 1.807) is 31.2 Å². The van der Waals surface area contributed by atoms with Gasteiger partial charge in [0.2, 0.25) is 5.91 Å². The van der Waals surface area contributed by atoms with E-state index < -0.39 is 5.91 Å². The minimum absolute atomic E-state index is 0.132. The van der Waals surface area contributed by atoms with Gasteiger partial charge in [-0.05, 0) is 50.0 Å². The normalized spacial score (nSPS) is 23.5. The summed E-state index contributed by atoms with van der Waals surface area (Å²) in [6.07, 6.45) is 5.34. The van der Waals surface area contributed by atoms with Crippen molar-refractivity contribution in [3.8, 4) is 0 Å². The molecule has 0 unspecified atom stereocenters. The van der Waals surface area contributed by atoms with E-state index in [2.05, 4.69) is 16.0 Å². The third kappa shape index (κ3) is 3.34. The number of aromatic nitrogens is 2. The third-order valence-electron chi connectivity index (χ3n) is 6.03. The second-order valence-electron chi connectivity index (χ2n) is 7.66. The molecule has 2 amide bonds. The lowest BCUT2D eigenvalue weighted by molar-refractivity contribution is -0.123. The van der Waals surface area contributed by atoms with Crippen LogP contribution in [0, 0.1) is 17.8 Å². The lowest BCUT2D eigenvalue weighted by Gasteiger charge is -2.21. The van der Waals surface area contributed by atoms with E-state index in [-0.39, 0.29) is 17.2 Å². The molecule has 2 aliphatic carbocycles. The molecule has 0 aliphatic heterocycles. The smallest absolute Gasteiger partial charge is 0.273 e. The van der Waals surface area contributed by atoms with E-state index in [4.69, 9.17) is 0 Å². The molecule has 1 aromatic carbocycles. The first-order valence-electron chi connectivity index (χ1n) is 9.65. The number of hydrazine groups is 1. The molecule has 0 radical (unpaired) electrons. The van der Waals surface area contributed by atoms with Crippen molar-refractivity contribution in [3.63, 3.8) is 0 Å². The fraction of sp³-hybridized carbons (Fsp3) is 0.500. The van der Waals surface area contributed by atoms with Crippen LogP contribution in [-0.4, -0.2) is 21.6 Å². The Kier molecular flexibility index (Phi) is 4.68. The van der Waals surface area contributed by atoms with Crippen molar-refractivity contribution in [3.05, 3.63) is 40.3 Å². The number of hydrogen-bond acceptors (Lipinski definition) is 4. The summed E-state index contributed by atoms with van der Waals surface area (Å²) >= 11 is 0. The standard InChI is InChI=1S/C20H24N4O3/c1-2-24-20(27)16-6-4-3-5-15(16)18(23-24)19(26)22-21-17(25)11-14-10-12-7-8-13(14)9-12/h3-6,12-14H,2,7-11H2,1H3,(H,21,25)(H,22,26)/t12-,13+,14+/m0/s1. The summed E-state index contributed by atoms with van der Waals surface area (Å²) in [7, 11) is 0. The monoisotopic (exact) mass is 368 g/mol. The number of carbonyl (C=O) groups excluding carboxylic acids is 2. The first-order valence-corrected chi connectivity index (χ1v) is 9.65. The van der Waals surface area contributed by atoms with Gasteiger partial charge in [-0.25, -0.2) is 4.68 Å². The lowest BCUT2D eigenvalue weighted by atomic mass is 9.86.